The lowest BCUT2D eigenvalue weighted by Gasteiger charge is -2.58. The minimum Gasteiger partial charge on any atom is -0.300 e. The summed E-state index contributed by atoms with van der Waals surface area (Å²) in [5.41, 5.74) is 0. The molecule has 4 saturated heterocycles. The topological polar surface area (TPSA) is 6.48 Å². The van der Waals surface area contributed by atoms with Crippen LogP contribution in [0, 0.1) is 11.8 Å². The SMILES string of the molecule is C[C@@H]1CCC[C@@H]2[C@H]3C[C@@H](CN12)[C@@H]1CCCCN1C3. The average Bonchev–Trinajstić information content (AvgIpc) is 2.40. The van der Waals surface area contributed by atoms with Crippen molar-refractivity contribution in [3.63, 3.8) is 0 Å². The van der Waals surface area contributed by atoms with Gasteiger partial charge in [-0.1, -0.05) is 12.8 Å². The van der Waals surface area contributed by atoms with E-state index in [0.717, 1.165) is 30.0 Å². The summed E-state index contributed by atoms with van der Waals surface area (Å²) in [7, 11) is 0. The quantitative estimate of drug-likeness (QED) is 0.650. The van der Waals surface area contributed by atoms with Gasteiger partial charge >= 0.3 is 0 Å². The Morgan fingerprint density at radius 3 is 2.61 bits per heavy atom. The highest BCUT2D eigenvalue weighted by atomic mass is 15.3. The van der Waals surface area contributed by atoms with Crippen LogP contribution in [0.5, 0.6) is 0 Å². The summed E-state index contributed by atoms with van der Waals surface area (Å²) in [6.45, 7) is 6.73. The first kappa shape index (κ1) is 11.7. The number of piperidine rings is 4. The van der Waals surface area contributed by atoms with E-state index in [4.69, 9.17) is 0 Å². The Morgan fingerprint density at radius 1 is 0.833 bits per heavy atom. The molecule has 4 aliphatic rings. The summed E-state index contributed by atoms with van der Waals surface area (Å²) in [6, 6.07) is 2.75. The third kappa shape index (κ3) is 1.76. The van der Waals surface area contributed by atoms with Crippen LogP contribution < -0.4 is 0 Å². The second-order valence-corrected chi connectivity index (χ2v) is 7.36. The van der Waals surface area contributed by atoms with Crippen molar-refractivity contribution >= 4 is 0 Å². The van der Waals surface area contributed by atoms with E-state index in [1.807, 2.05) is 0 Å². The first-order valence-corrected chi connectivity index (χ1v) is 8.33. The van der Waals surface area contributed by atoms with E-state index in [1.54, 1.807) is 6.42 Å². The van der Waals surface area contributed by atoms with Crippen LogP contribution in [0.1, 0.15) is 51.9 Å². The van der Waals surface area contributed by atoms with Crippen LogP contribution in [0.15, 0.2) is 0 Å². The Kier molecular flexibility index (Phi) is 2.92. The lowest BCUT2D eigenvalue weighted by Crippen LogP contribution is -2.64. The zero-order valence-corrected chi connectivity index (χ0v) is 11.9. The summed E-state index contributed by atoms with van der Waals surface area (Å²) in [4.78, 5) is 5.78. The standard InChI is InChI=1S/C16H28N2/c1-12-5-4-7-16-13-9-14(11-18(12)16)15-6-2-3-8-17(15)10-13/h12-16H,2-11H2,1H3/t12-,13+,14+,15+,16-/m1/s1. The van der Waals surface area contributed by atoms with E-state index in [9.17, 15) is 0 Å². The molecule has 102 valence electrons. The zero-order valence-electron chi connectivity index (χ0n) is 11.9. The fourth-order valence-electron chi connectivity index (χ4n) is 5.55. The second-order valence-electron chi connectivity index (χ2n) is 7.36. The van der Waals surface area contributed by atoms with E-state index < -0.39 is 0 Å². The molecular formula is C16H28N2. The van der Waals surface area contributed by atoms with Crippen molar-refractivity contribution in [1.29, 1.82) is 0 Å². The molecule has 0 saturated carbocycles. The van der Waals surface area contributed by atoms with Crippen molar-refractivity contribution in [1.82, 2.24) is 9.80 Å². The molecule has 0 radical (unpaired) electrons. The predicted octanol–water partition coefficient (Wildman–Crippen LogP) is 2.73. The lowest BCUT2D eigenvalue weighted by atomic mass is 9.70. The molecule has 0 amide bonds. The van der Waals surface area contributed by atoms with Gasteiger partial charge in [-0.15, -0.1) is 0 Å². The van der Waals surface area contributed by atoms with Gasteiger partial charge in [-0.3, -0.25) is 9.80 Å². The van der Waals surface area contributed by atoms with Crippen molar-refractivity contribution < 1.29 is 0 Å². The van der Waals surface area contributed by atoms with E-state index in [-0.39, 0.29) is 0 Å². The summed E-state index contributed by atoms with van der Waals surface area (Å²) < 4.78 is 0. The highest BCUT2D eigenvalue weighted by Crippen LogP contribution is 2.43. The fraction of sp³-hybridized carbons (Fsp3) is 1.00. The van der Waals surface area contributed by atoms with Crippen LogP contribution >= 0.6 is 0 Å². The van der Waals surface area contributed by atoms with Gasteiger partial charge in [0.2, 0.25) is 0 Å². The molecule has 2 heteroatoms. The maximum absolute atomic E-state index is 2.91. The molecule has 2 nitrogen and oxygen atoms in total. The minimum absolute atomic E-state index is 0.865. The number of fused-ring (bicyclic) bond motifs is 6. The van der Waals surface area contributed by atoms with Crippen LogP contribution in [0.2, 0.25) is 0 Å². The molecule has 0 unspecified atom stereocenters. The largest absolute Gasteiger partial charge is 0.300 e. The Morgan fingerprint density at radius 2 is 1.67 bits per heavy atom. The lowest BCUT2D eigenvalue weighted by molar-refractivity contribution is -0.0871. The highest BCUT2D eigenvalue weighted by Gasteiger charge is 2.47. The van der Waals surface area contributed by atoms with E-state index in [1.165, 1.54) is 58.2 Å². The van der Waals surface area contributed by atoms with Gasteiger partial charge in [-0.2, -0.15) is 0 Å². The second kappa shape index (κ2) is 4.49. The third-order valence-electron chi connectivity index (χ3n) is 6.39. The Labute approximate surface area is 112 Å². The molecule has 0 N–H and O–H groups in total. The smallest absolute Gasteiger partial charge is 0.0139 e. The first-order valence-electron chi connectivity index (χ1n) is 8.33. The Bertz CT molecular complexity index is 316. The molecule has 0 aliphatic carbocycles. The summed E-state index contributed by atoms with van der Waals surface area (Å²) >= 11 is 0. The van der Waals surface area contributed by atoms with Crippen molar-refractivity contribution in [2.45, 2.75) is 70.0 Å². The maximum Gasteiger partial charge on any atom is 0.0139 e. The monoisotopic (exact) mass is 248 g/mol. The van der Waals surface area contributed by atoms with Crippen molar-refractivity contribution in [2.75, 3.05) is 19.6 Å². The Hall–Kier alpha value is -0.0800. The maximum atomic E-state index is 2.91. The molecule has 0 aromatic carbocycles. The number of hydrogen-bond acceptors (Lipinski definition) is 2. The van der Waals surface area contributed by atoms with Gasteiger partial charge in [0.05, 0.1) is 0 Å². The van der Waals surface area contributed by atoms with Gasteiger partial charge in [0.1, 0.15) is 0 Å². The van der Waals surface area contributed by atoms with Gasteiger partial charge in [-0.05, 0) is 57.4 Å². The molecule has 18 heavy (non-hydrogen) atoms. The molecule has 4 heterocycles. The molecule has 0 spiro atoms. The van der Waals surface area contributed by atoms with Gasteiger partial charge in [0.25, 0.3) is 0 Å². The molecule has 0 aromatic heterocycles. The van der Waals surface area contributed by atoms with E-state index in [2.05, 4.69) is 16.7 Å². The summed E-state index contributed by atoms with van der Waals surface area (Å²) in [6.07, 6.45) is 10.4. The van der Waals surface area contributed by atoms with Crippen LogP contribution in [0.25, 0.3) is 0 Å². The molecule has 2 bridgehead atoms. The van der Waals surface area contributed by atoms with Crippen molar-refractivity contribution in [2.24, 2.45) is 11.8 Å². The molecule has 4 aliphatic heterocycles. The third-order valence-corrected chi connectivity index (χ3v) is 6.39. The van der Waals surface area contributed by atoms with E-state index >= 15 is 0 Å². The van der Waals surface area contributed by atoms with Gasteiger partial charge < -0.3 is 0 Å². The average molecular weight is 248 g/mol. The molecule has 4 fully saturated rings. The van der Waals surface area contributed by atoms with Crippen LogP contribution in [-0.2, 0) is 0 Å². The minimum atomic E-state index is 0.865. The van der Waals surface area contributed by atoms with Gasteiger partial charge in [0, 0.05) is 31.2 Å². The van der Waals surface area contributed by atoms with Crippen LogP contribution in [0.4, 0.5) is 0 Å². The first-order chi connectivity index (χ1) is 8.83. The zero-order chi connectivity index (χ0) is 12.1. The number of nitrogens with zero attached hydrogens (tertiary/aromatic N) is 2. The normalized spacial score (nSPS) is 49.5. The molecule has 0 aromatic rings. The van der Waals surface area contributed by atoms with Crippen molar-refractivity contribution in [3.05, 3.63) is 0 Å². The fourth-order valence-corrected chi connectivity index (χ4v) is 5.55. The van der Waals surface area contributed by atoms with E-state index in [0.29, 0.717) is 0 Å². The Balaban J connectivity index is 1.58. The van der Waals surface area contributed by atoms with Crippen LogP contribution in [-0.4, -0.2) is 47.6 Å². The molecule has 5 atom stereocenters. The van der Waals surface area contributed by atoms with Crippen molar-refractivity contribution in [3.8, 4) is 0 Å². The highest BCUT2D eigenvalue weighted by molar-refractivity contribution is 5.02. The summed E-state index contributed by atoms with van der Waals surface area (Å²) in [5, 5.41) is 0. The number of rotatable bonds is 0. The molecular weight excluding hydrogens is 220 g/mol. The number of hydrogen-bond donors (Lipinski definition) is 0. The summed E-state index contributed by atoms with van der Waals surface area (Å²) in [5.74, 6) is 2.00. The van der Waals surface area contributed by atoms with Crippen LogP contribution in [0.3, 0.4) is 0 Å². The van der Waals surface area contributed by atoms with Gasteiger partial charge in [-0.25, -0.2) is 0 Å². The van der Waals surface area contributed by atoms with Gasteiger partial charge in [0.15, 0.2) is 0 Å². The predicted molar refractivity (Wildman–Crippen MR) is 74.6 cm³/mol. The molecule has 4 rings (SSSR count).